The van der Waals surface area contributed by atoms with Crippen molar-refractivity contribution in [1.29, 1.82) is 0 Å². The summed E-state index contributed by atoms with van der Waals surface area (Å²) < 4.78 is 0. The van der Waals surface area contributed by atoms with Crippen molar-refractivity contribution >= 4 is 28.9 Å². The molecule has 1 N–H and O–H groups in total. The van der Waals surface area contributed by atoms with Crippen LogP contribution in [0.1, 0.15) is 32.8 Å². The molecule has 0 radical (unpaired) electrons. The van der Waals surface area contributed by atoms with Crippen LogP contribution in [0.2, 0.25) is 0 Å². The van der Waals surface area contributed by atoms with E-state index in [0.717, 1.165) is 41.2 Å². The number of rotatable bonds is 6. The van der Waals surface area contributed by atoms with Crippen LogP contribution in [0, 0.1) is 0 Å². The summed E-state index contributed by atoms with van der Waals surface area (Å²) in [6.45, 7) is 2.12. The molecule has 41 heavy (non-hydrogen) atoms. The van der Waals surface area contributed by atoms with Gasteiger partial charge in [0.15, 0.2) is 0 Å². The third kappa shape index (κ3) is 5.72. The lowest BCUT2D eigenvalue weighted by molar-refractivity contribution is 0.0986. The van der Waals surface area contributed by atoms with Crippen LogP contribution >= 0.6 is 0 Å². The van der Waals surface area contributed by atoms with E-state index < -0.39 is 0 Å². The molecule has 0 spiro atoms. The van der Waals surface area contributed by atoms with Crippen LogP contribution in [0.25, 0.3) is 11.1 Å². The van der Waals surface area contributed by atoms with Crippen molar-refractivity contribution < 1.29 is 9.59 Å². The number of anilines is 3. The summed E-state index contributed by atoms with van der Waals surface area (Å²) in [7, 11) is 0. The average molecular weight is 539 g/mol. The number of aromatic nitrogens is 1. The van der Waals surface area contributed by atoms with Gasteiger partial charge in [-0.15, -0.1) is 0 Å². The summed E-state index contributed by atoms with van der Waals surface area (Å²) in [6, 6.07) is 38.5. The molecule has 6 heteroatoms. The summed E-state index contributed by atoms with van der Waals surface area (Å²) >= 11 is 0. The Kier molecular flexibility index (Phi) is 7.54. The number of carbonyl (C=O) groups is 2. The van der Waals surface area contributed by atoms with Gasteiger partial charge in [-0.1, -0.05) is 66.7 Å². The first-order valence-corrected chi connectivity index (χ1v) is 13.8. The number of pyridine rings is 1. The van der Waals surface area contributed by atoms with Gasteiger partial charge < -0.3 is 15.1 Å². The van der Waals surface area contributed by atoms with E-state index in [4.69, 9.17) is 0 Å². The summed E-state index contributed by atoms with van der Waals surface area (Å²) in [5.74, 6) is -0.262. The Balaban J connectivity index is 1.19. The molecule has 0 saturated heterocycles. The first kappa shape index (κ1) is 26.0. The second kappa shape index (κ2) is 11.9. The van der Waals surface area contributed by atoms with Crippen LogP contribution in [-0.2, 0) is 6.54 Å². The third-order valence-corrected chi connectivity index (χ3v) is 7.29. The van der Waals surface area contributed by atoms with E-state index in [1.54, 1.807) is 24.3 Å². The predicted molar refractivity (Wildman–Crippen MR) is 164 cm³/mol. The Morgan fingerprint density at radius 3 is 2.20 bits per heavy atom. The standard InChI is InChI=1S/C35H30N4O2/c40-34(31-15-5-4-14-30(31)26-11-2-1-3-12-26)37-28-20-18-27(19-21-28)35(41)39-24-10-23-38(25-29-13-8-9-22-36-29)32-16-6-7-17-33(32)39/h1-9,11-22H,10,23-25H2,(H,37,40). The molecular formula is C35H30N4O2. The molecule has 1 aliphatic heterocycles. The molecule has 5 aromatic rings. The highest BCUT2D eigenvalue weighted by molar-refractivity contribution is 6.10. The topological polar surface area (TPSA) is 65.5 Å². The van der Waals surface area contributed by atoms with Crippen molar-refractivity contribution in [3.8, 4) is 11.1 Å². The number of para-hydroxylation sites is 2. The lowest BCUT2D eigenvalue weighted by Crippen LogP contribution is -2.31. The van der Waals surface area contributed by atoms with Crippen LogP contribution < -0.4 is 15.1 Å². The van der Waals surface area contributed by atoms with Gasteiger partial charge in [-0.25, -0.2) is 0 Å². The summed E-state index contributed by atoms with van der Waals surface area (Å²) in [6.07, 6.45) is 2.64. The highest BCUT2D eigenvalue weighted by Crippen LogP contribution is 2.34. The average Bonchev–Trinajstić information content (AvgIpc) is 3.21. The highest BCUT2D eigenvalue weighted by Gasteiger charge is 2.26. The first-order valence-electron chi connectivity index (χ1n) is 13.8. The predicted octanol–water partition coefficient (Wildman–Crippen LogP) is 7.06. The molecule has 1 aromatic heterocycles. The van der Waals surface area contributed by atoms with Gasteiger partial charge in [0.25, 0.3) is 11.8 Å². The molecule has 202 valence electrons. The number of carbonyl (C=O) groups excluding carboxylic acids is 2. The van der Waals surface area contributed by atoms with Crippen molar-refractivity contribution in [2.75, 3.05) is 28.2 Å². The first-order chi connectivity index (χ1) is 20.2. The number of nitrogens with zero attached hydrogens (tertiary/aromatic N) is 3. The van der Waals surface area contributed by atoms with Crippen molar-refractivity contribution in [2.24, 2.45) is 0 Å². The molecule has 0 saturated carbocycles. The van der Waals surface area contributed by atoms with Crippen molar-refractivity contribution in [3.05, 3.63) is 144 Å². The highest BCUT2D eigenvalue weighted by atomic mass is 16.2. The summed E-state index contributed by atoms with van der Waals surface area (Å²) in [4.78, 5) is 35.6. The normalized spacial score (nSPS) is 12.8. The maximum absolute atomic E-state index is 13.7. The number of hydrogen-bond donors (Lipinski definition) is 1. The number of fused-ring (bicyclic) bond motifs is 1. The van der Waals surface area contributed by atoms with Gasteiger partial charge in [0, 0.05) is 36.1 Å². The fourth-order valence-corrected chi connectivity index (χ4v) is 5.28. The molecule has 4 aromatic carbocycles. The maximum Gasteiger partial charge on any atom is 0.258 e. The van der Waals surface area contributed by atoms with Crippen LogP contribution in [-0.4, -0.2) is 29.9 Å². The number of amides is 2. The molecule has 2 heterocycles. The Bertz CT molecular complexity index is 1650. The summed E-state index contributed by atoms with van der Waals surface area (Å²) in [5, 5.41) is 2.99. The molecule has 0 fully saturated rings. The molecule has 6 rings (SSSR count). The van der Waals surface area contributed by atoms with Crippen LogP contribution in [0.4, 0.5) is 17.1 Å². The molecule has 0 bridgehead atoms. The van der Waals surface area contributed by atoms with Crippen molar-refractivity contribution in [2.45, 2.75) is 13.0 Å². The quantitative estimate of drug-likeness (QED) is 0.251. The molecule has 2 amide bonds. The van der Waals surface area contributed by atoms with Gasteiger partial charge in [0.1, 0.15) is 0 Å². The van der Waals surface area contributed by atoms with Crippen molar-refractivity contribution in [3.63, 3.8) is 0 Å². The largest absolute Gasteiger partial charge is 0.364 e. The fraction of sp³-hybridized carbons (Fsp3) is 0.114. The minimum atomic E-state index is -0.196. The zero-order valence-corrected chi connectivity index (χ0v) is 22.6. The molecule has 1 aliphatic rings. The smallest absolute Gasteiger partial charge is 0.258 e. The maximum atomic E-state index is 13.7. The van der Waals surface area contributed by atoms with Crippen LogP contribution in [0.5, 0.6) is 0 Å². The van der Waals surface area contributed by atoms with E-state index in [2.05, 4.69) is 21.3 Å². The van der Waals surface area contributed by atoms with Gasteiger partial charge in [0.05, 0.1) is 23.6 Å². The zero-order valence-electron chi connectivity index (χ0n) is 22.6. The van der Waals surface area contributed by atoms with Crippen molar-refractivity contribution in [1.82, 2.24) is 4.98 Å². The van der Waals surface area contributed by atoms with E-state index in [1.807, 2.05) is 102 Å². The number of nitrogens with one attached hydrogen (secondary N) is 1. The van der Waals surface area contributed by atoms with Gasteiger partial charge in [-0.05, 0) is 72.1 Å². The molecule has 6 nitrogen and oxygen atoms in total. The SMILES string of the molecule is O=C(Nc1ccc(C(=O)N2CCCN(Cc3ccccn3)c3ccccc32)cc1)c1ccccc1-c1ccccc1. The molecular weight excluding hydrogens is 508 g/mol. The Labute approximate surface area is 239 Å². The molecule has 0 atom stereocenters. The minimum absolute atomic E-state index is 0.0653. The molecule has 0 unspecified atom stereocenters. The van der Waals surface area contributed by atoms with E-state index in [9.17, 15) is 9.59 Å². The van der Waals surface area contributed by atoms with Crippen LogP contribution in [0.3, 0.4) is 0 Å². The Hall–Kier alpha value is -5.23. The van der Waals surface area contributed by atoms with Gasteiger partial charge in [0.2, 0.25) is 0 Å². The van der Waals surface area contributed by atoms with E-state index >= 15 is 0 Å². The third-order valence-electron chi connectivity index (χ3n) is 7.29. The summed E-state index contributed by atoms with van der Waals surface area (Å²) in [5.41, 5.74) is 6.55. The second-order valence-electron chi connectivity index (χ2n) is 9.98. The second-order valence-corrected chi connectivity index (χ2v) is 9.98. The van der Waals surface area contributed by atoms with E-state index in [0.29, 0.717) is 29.9 Å². The number of hydrogen-bond acceptors (Lipinski definition) is 4. The number of benzene rings is 4. The lowest BCUT2D eigenvalue weighted by Gasteiger charge is -2.26. The Morgan fingerprint density at radius 2 is 1.41 bits per heavy atom. The minimum Gasteiger partial charge on any atom is -0.364 e. The lowest BCUT2D eigenvalue weighted by atomic mass is 9.99. The Morgan fingerprint density at radius 1 is 0.707 bits per heavy atom. The van der Waals surface area contributed by atoms with Gasteiger partial charge in [-0.3, -0.25) is 14.6 Å². The van der Waals surface area contributed by atoms with Gasteiger partial charge >= 0.3 is 0 Å². The zero-order chi connectivity index (χ0) is 28.0. The molecule has 0 aliphatic carbocycles. The van der Waals surface area contributed by atoms with E-state index in [1.165, 1.54) is 0 Å². The van der Waals surface area contributed by atoms with E-state index in [-0.39, 0.29) is 11.8 Å². The fourth-order valence-electron chi connectivity index (χ4n) is 5.28. The monoisotopic (exact) mass is 538 g/mol. The van der Waals surface area contributed by atoms with Crippen LogP contribution in [0.15, 0.2) is 128 Å². The van der Waals surface area contributed by atoms with Gasteiger partial charge in [-0.2, -0.15) is 0 Å².